The third-order valence-corrected chi connectivity index (χ3v) is 2.59. The highest BCUT2D eigenvalue weighted by Crippen LogP contribution is 2.23. The number of rotatable bonds is 3. The Morgan fingerprint density at radius 3 is 2.75 bits per heavy atom. The summed E-state index contributed by atoms with van der Waals surface area (Å²) in [6.07, 6.45) is -1.09. The highest BCUT2D eigenvalue weighted by atomic mass is 127. The van der Waals surface area contributed by atoms with Crippen molar-refractivity contribution in [1.29, 1.82) is 0 Å². The molecule has 4 nitrogen and oxygen atoms in total. The Morgan fingerprint density at radius 1 is 1.67 bits per heavy atom. The fourth-order valence-electron chi connectivity index (χ4n) is 1.35. The summed E-state index contributed by atoms with van der Waals surface area (Å²) in [4.78, 5) is 0. The molecule has 0 aromatic rings. The molecular weight excluding hydrogens is 274 g/mol. The number of aliphatic hydroxyl groups is 1. The van der Waals surface area contributed by atoms with E-state index in [1.54, 1.807) is 30.1 Å². The highest BCUT2D eigenvalue weighted by Gasteiger charge is 2.41. The van der Waals surface area contributed by atoms with Crippen molar-refractivity contribution in [1.82, 2.24) is 0 Å². The number of halogens is 1. The molecule has 2 unspecified atom stereocenters. The second-order valence-electron chi connectivity index (χ2n) is 2.88. The Morgan fingerprint density at radius 2 is 2.33 bits per heavy atom. The molecule has 1 N–H and O–H groups in total. The van der Waals surface area contributed by atoms with Crippen LogP contribution in [-0.2, 0) is 12.5 Å². The lowest BCUT2D eigenvalue weighted by atomic mass is 9.93. The van der Waals surface area contributed by atoms with Gasteiger partial charge in [-0.15, -0.1) is 0 Å². The predicted octanol–water partition coefficient (Wildman–Crippen LogP) is -0.913. The van der Waals surface area contributed by atoms with Gasteiger partial charge in [0.05, 0.1) is 12.6 Å². The molecule has 0 aromatic heterocycles. The fourth-order valence-corrected chi connectivity index (χ4v) is 2.06. The van der Waals surface area contributed by atoms with Crippen LogP contribution in [0.2, 0.25) is 0 Å². The van der Waals surface area contributed by atoms with Crippen LogP contribution < -0.4 is 0 Å². The molecule has 1 rings (SSSR count). The molecule has 70 valence electrons. The van der Waals surface area contributed by atoms with Crippen molar-refractivity contribution in [3.8, 4) is 0 Å². The summed E-state index contributed by atoms with van der Waals surface area (Å²) >= 11 is 1.78. The smallest absolute Gasteiger partial charge is 0.142 e. The Labute approximate surface area is 86.7 Å². The lowest BCUT2D eigenvalue weighted by Gasteiger charge is -2.14. The zero-order valence-corrected chi connectivity index (χ0v) is 9.22. The first-order valence-electron chi connectivity index (χ1n) is 3.80. The molecule has 1 fully saturated rings. The molecule has 0 bridgehead atoms. The van der Waals surface area contributed by atoms with Crippen molar-refractivity contribution < 1.29 is 17.6 Å². The Balaban J connectivity index is 2.49. The molecule has 1 heterocycles. The first kappa shape index (κ1) is 10.7. The van der Waals surface area contributed by atoms with E-state index < -0.39 is 6.10 Å². The molecular formula is C6H12BIO4. The van der Waals surface area contributed by atoms with Crippen LogP contribution in [-0.4, -0.2) is 51.0 Å². The zero-order valence-electron chi connectivity index (χ0n) is 7.07. The van der Waals surface area contributed by atoms with E-state index in [0.717, 1.165) is 0 Å². The second-order valence-corrected chi connectivity index (χ2v) is 3.39. The maximum atomic E-state index is 9.62. The standard InChI is InChI=1S/C6H12BIO4/c1-10-2-3-4(9)5(12-8)6(7)11-3/h3-6,9H,2,7H2,1H3/t3-,4?,5?,6-/m1/s1. The van der Waals surface area contributed by atoms with Crippen molar-refractivity contribution in [3.05, 3.63) is 0 Å². The highest BCUT2D eigenvalue weighted by molar-refractivity contribution is 14.1. The maximum Gasteiger partial charge on any atom is 0.142 e. The van der Waals surface area contributed by atoms with Gasteiger partial charge in [0.25, 0.3) is 0 Å². The Bertz CT molecular complexity index is 148. The van der Waals surface area contributed by atoms with E-state index in [2.05, 4.69) is 0 Å². The molecule has 12 heavy (non-hydrogen) atoms. The normalized spacial score (nSPS) is 41.9. The van der Waals surface area contributed by atoms with E-state index in [4.69, 9.17) is 12.5 Å². The van der Waals surface area contributed by atoms with Gasteiger partial charge >= 0.3 is 0 Å². The molecule has 6 heteroatoms. The molecule has 1 aliphatic heterocycles. The summed E-state index contributed by atoms with van der Waals surface area (Å²) in [5, 5.41) is 9.62. The van der Waals surface area contributed by atoms with Crippen molar-refractivity contribution in [2.75, 3.05) is 13.7 Å². The van der Waals surface area contributed by atoms with Gasteiger partial charge in [-0.1, -0.05) is 0 Å². The van der Waals surface area contributed by atoms with Crippen LogP contribution >= 0.6 is 23.0 Å². The van der Waals surface area contributed by atoms with Crippen molar-refractivity contribution in [2.45, 2.75) is 24.3 Å². The molecule has 0 saturated carbocycles. The molecule has 1 saturated heterocycles. The fraction of sp³-hybridized carbons (Fsp3) is 1.00. The van der Waals surface area contributed by atoms with Crippen molar-refractivity contribution >= 4 is 30.9 Å². The molecule has 0 spiro atoms. The molecule has 0 radical (unpaired) electrons. The van der Waals surface area contributed by atoms with Gasteiger partial charge in [0, 0.05) is 7.11 Å². The van der Waals surface area contributed by atoms with E-state index in [1.165, 1.54) is 0 Å². The minimum atomic E-state index is -0.586. The predicted molar refractivity (Wildman–Crippen MR) is 54.0 cm³/mol. The molecule has 0 amide bonds. The van der Waals surface area contributed by atoms with Crippen LogP contribution in [0.1, 0.15) is 0 Å². The average molecular weight is 286 g/mol. The number of hydrogen-bond acceptors (Lipinski definition) is 4. The van der Waals surface area contributed by atoms with Gasteiger partial charge in [0.1, 0.15) is 49.2 Å². The van der Waals surface area contributed by atoms with Crippen molar-refractivity contribution in [3.63, 3.8) is 0 Å². The Kier molecular flexibility index (Phi) is 4.25. The SMILES string of the molecule is B[C@@H]1O[C@H](COC)C(O)C1OI. The number of ether oxygens (including phenoxy) is 2. The van der Waals surface area contributed by atoms with E-state index in [9.17, 15) is 5.11 Å². The third kappa shape index (κ3) is 2.11. The van der Waals surface area contributed by atoms with Gasteiger partial charge in [-0.05, 0) is 0 Å². The summed E-state index contributed by atoms with van der Waals surface area (Å²) in [7, 11) is 3.46. The third-order valence-electron chi connectivity index (χ3n) is 2.00. The van der Waals surface area contributed by atoms with Crippen LogP contribution in [0.25, 0.3) is 0 Å². The summed E-state index contributed by atoms with van der Waals surface area (Å²) < 4.78 is 15.4. The van der Waals surface area contributed by atoms with Gasteiger partial charge in [-0.25, -0.2) is 0 Å². The summed E-state index contributed by atoms with van der Waals surface area (Å²) in [6, 6.07) is -0.0722. The minimum absolute atomic E-state index is 0.0722. The molecule has 4 atom stereocenters. The molecule has 1 aliphatic rings. The summed E-state index contributed by atoms with van der Waals surface area (Å²) in [5.74, 6) is 0. The first-order valence-corrected chi connectivity index (χ1v) is 4.68. The van der Waals surface area contributed by atoms with E-state index in [-0.39, 0.29) is 18.2 Å². The lowest BCUT2D eigenvalue weighted by Crippen LogP contribution is -2.34. The number of aliphatic hydroxyl groups excluding tert-OH is 1. The van der Waals surface area contributed by atoms with E-state index >= 15 is 0 Å². The minimum Gasteiger partial charge on any atom is -0.387 e. The largest absolute Gasteiger partial charge is 0.387 e. The van der Waals surface area contributed by atoms with Crippen molar-refractivity contribution in [2.24, 2.45) is 0 Å². The van der Waals surface area contributed by atoms with Crippen LogP contribution in [0.4, 0.5) is 0 Å². The monoisotopic (exact) mass is 286 g/mol. The average Bonchev–Trinajstić information content (AvgIpc) is 2.29. The van der Waals surface area contributed by atoms with E-state index in [1.807, 2.05) is 7.85 Å². The van der Waals surface area contributed by atoms with Gasteiger partial charge in [-0.2, -0.15) is 0 Å². The van der Waals surface area contributed by atoms with Gasteiger partial charge in [-0.3, -0.25) is 0 Å². The van der Waals surface area contributed by atoms with E-state index in [0.29, 0.717) is 6.61 Å². The van der Waals surface area contributed by atoms with Crippen LogP contribution in [0, 0.1) is 0 Å². The van der Waals surface area contributed by atoms with Gasteiger partial charge < -0.3 is 17.6 Å². The van der Waals surface area contributed by atoms with Gasteiger partial charge in [0.15, 0.2) is 0 Å². The Hall–Kier alpha value is 0.635. The molecule has 0 aliphatic carbocycles. The van der Waals surface area contributed by atoms with Crippen LogP contribution in [0.3, 0.4) is 0 Å². The summed E-state index contributed by atoms with van der Waals surface area (Å²) in [5.41, 5.74) is 0. The second kappa shape index (κ2) is 4.76. The van der Waals surface area contributed by atoms with Gasteiger partial charge in [0.2, 0.25) is 0 Å². The zero-order chi connectivity index (χ0) is 9.14. The maximum absolute atomic E-state index is 9.62. The topological polar surface area (TPSA) is 47.9 Å². The number of hydrogen-bond donors (Lipinski definition) is 1. The lowest BCUT2D eigenvalue weighted by molar-refractivity contribution is -0.0191. The number of methoxy groups -OCH3 is 1. The van der Waals surface area contributed by atoms with Crippen LogP contribution in [0.5, 0.6) is 0 Å². The first-order chi connectivity index (χ1) is 5.70. The quantitative estimate of drug-likeness (QED) is 0.539. The molecule has 0 aromatic carbocycles. The van der Waals surface area contributed by atoms with Crippen LogP contribution in [0.15, 0.2) is 0 Å². The summed E-state index contributed by atoms with van der Waals surface area (Å²) in [6.45, 7) is 0.405.